The first-order chi connectivity index (χ1) is 7.24. The smallest absolute Gasteiger partial charge is 0.0459 e. The van der Waals surface area contributed by atoms with Crippen LogP contribution in [0.2, 0.25) is 0 Å². The van der Waals surface area contributed by atoms with E-state index in [9.17, 15) is 0 Å². The molecule has 1 unspecified atom stereocenters. The van der Waals surface area contributed by atoms with E-state index in [1.807, 2.05) is 0 Å². The molecule has 0 radical (unpaired) electrons. The van der Waals surface area contributed by atoms with Gasteiger partial charge in [-0.05, 0) is 37.5 Å². The molecule has 0 bridgehead atoms. The Hall–Kier alpha value is -1.28. The van der Waals surface area contributed by atoms with Crippen molar-refractivity contribution in [1.82, 2.24) is 4.98 Å². The molecule has 2 heteroatoms. The average molecular weight is 200 g/mol. The van der Waals surface area contributed by atoms with Crippen LogP contribution in [-0.4, -0.2) is 11.0 Å². The fourth-order valence-corrected chi connectivity index (χ4v) is 2.57. The Labute approximate surface area is 89.5 Å². The first kappa shape index (κ1) is 8.98. The summed E-state index contributed by atoms with van der Waals surface area (Å²) < 4.78 is 0. The van der Waals surface area contributed by atoms with Gasteiger partial charge in [0.2, 0.25) is 0 Å². The molecule has 0 spiro atoms. The molecule has 0 amide bonds. The normalized spacial score (nSPS) is 20.5. The largest absolute Gasteiger partial charge is 0.358 e. The topological polar surface area (TPSA) is 41.8 Å². The van der Waals surface area contributed by atoms with E-state index in [0.717, 1.165) is 19.3 Å². The first-order valence-corrected chi connectivity index (χ1v) is 5.59. The summed E-state index contributed by atoms with van der Waals surface area (Å²) >= 11 is 0. The number of aromatic nitrogens is 1. The Morgan fingerprint density at radius 2 is 2.27 bits per heavy atom. The molecule has 1 aromatic heterocycles. The van der Waals surface area contributed by atoms with Gasteiger partial charge in [-0.2, -0.15) is 0 Å². The predicted octanol–water partition coefficient (Wildman–Crippen LogP) is 2.29. The summed E-state index contributed by atoms with van der Waals surface area (Å²) in [5.74, 6) is 0. The van der Waals surface area contributed by atoms with E-state index in [4.69, 9.17) is 5.73 Å². The molecular formula is C13H16N2. The summed E-state index contributed by atoms with van der Waals surface area (Å²) in [4.78, 5) is 3.49. The second-order valence-corrected chi connectivity index (χ2v) is 4.63. The maximum absolute atomic E-state index is 5.98. The van der Waals surface area contributed by atoms with Gasteiger partial charge >= 0.3 is 0 Å². The summed E-state index contributed by atoms with van der Waals surface area (Å²) in [6, 6.07) is 6.95. The third kappa shape index (κ3) is 1.37. The van der Waals surface area contributed by atoms with Crippen LogP contribution in [0.1, 0.15) is 23.2 Å². The van der Waals surface area contributed by atoms with Gasteiger partial charge in [0.25, 0.3) is 0 Å². The molecule has 1 aromatic carbocycles. The minimum absolute atomic E-state index is 0.339. The van der Waals surface area contributed by atoms with Crippen LogP contribution in [0, 0.1) is 6.92 Å². The maximum atomic E-state index is 5.98. The van der Waals surface area contributed by atoms with Crippen molar-refractivity contribution in [3.05, 3.63) is 35.0 Å². The highest BCUT2D eigenvalue weighted by Gasteiger charge is 2.19. The summed E-state index contributed by atoms with van der Waals surface area (Å²) in [6.45, 7) is 2.15. The van der Waals surface area contributed by atoms with E-state index in [2.05, 4.69) is 30.1 Å². The van der Waals surface area contributed by atoms with E-state index < -0.39 is 0 Å². The lowest BCUT2D eigenvalue weighted by atomic mass is 9.92. The highest BCUT2D eigenvalue weighted by Crippen LogP contribution is 2.29. The van der Waals surface area contributed by atoms with Crippen molar-refractivity contribution in [2.75, 3.05) is 0 Å². The Bertz CT molecular complexity index is 510. The van der Waals surface area contributed by atoms with E-state index in [0.29, 0.717) is 6.04 Å². The molecule has 0 saturated heterocycles. The molecule has 15 heavy (non-hydrogen) atoms. The van der Waals surface area contributed by atoms with E-state index in [1.165, 1.54) is 27.7 Å². The van der Waals surface area contributed by atoms with Gasteiger partial charge in [-0.25, -0.2) is 0 Å². The summed E-state index contributed by atoms with van der Waals surface area (Å²) in [7, 11) is 0. The van der Waals surface area contributed by atoms with Crippen LogP contribution in [-0.2, 0) is 12.8 Å². The van der Waals surface area contributed by atoms with Crippen molar-refractivity contribution < 1.29 is 0 Å². The van der Waals surface area contributed by atoms with Gasteiger partial charge in [0.15, 0.2) is 0 Å². The molecule has 0 fully saturated rings. The van der Waals surface area contributed by atoms with Crippen molar-refractivity contribution in [2.24, 2.45) is 5.73 Å². The summed E-state index contributed by atoms with van der Waals surface area (Å²) in [5, 5.41) is 1.40. The van der Waals surface area contributed by atoms with Crippen LogP contribution in [0.25, 0.3) is 10.9 Å². The van der Waals surface area contributed by atoms with E-state index in [-0.39, 0.29) is 0 Å². The quantitative estimate of drug-likeness (QED) is 0.673. The van der Waals surface area contributed by atoms with Crippen LogP contribution < -0.4 is 5.73 Å². The molecule has 2 aromatic rings. The Balaban J connectivity index is 2.24. The number of H-pyrrole nitrogens is 1. The lowest BCUT2D eigenvalue weighted by molar-refractivity contribution is 0.572. The fraction of sp³-hybridized carbons (Fsp3) is 0.385. The molecule has 0 saturated carbocycles. The van der Waals surface area contributed by atoms with Crippen molar-refractivity contribution in [1.29, 1.82) is 0 Å². The second kappa shape index (κ2) is 3.11. The van der Waals surface area contributed by atoms with Crippen LogP contribution in [0.3, 0.4) is 0 Å². The summed E-state index contributed by atoms with van der Waals surface area (Å²) in [5.41, 5.74) is 11.4. The van der Waals surface area contributed by atoms with Crippen LogP contribution >= 0.6 is 0 Å². The molecule has 0 aliphatic heterocycles. The zero-order valence-electron chi connectivity index (χ0n) is 9.01. The number of hydrogen-bond donors (Lipinski definition) is 2. The third-order valence-electron chi connectivity index (χ3n) is 3.38. The number of nitrogens with two attached hydrogens (primary N) is 1. The van der Waals surface area contributed by atoms with Crippen molar-refractivity contribution >= 4 is 10.9 Å². The monoisotopic (exact) mass is 200 g/mol. The Morgan fingerprint density at radius 3 is 3.13 bits per heavy atom. The first-order valence-electron chi connectivity index (χ1n) is 5.59. The molecule has 78 valence electrons. The minimum Gasteiger partial charge on any atom is -0.358 e. The van der Waals surface area contributed by atoms with Crippen LogP contribution in [0.4, 0.5) is 0 Å². The average Bonchev–Trinajstić information content (AvgIpc) is 2.54. The lowest BCUT2D eigenvalue weighted by Gasteiger charge is -2.17. The number of aryl methyl sites for hydroxylation is 2. The highest BCUT2D eigenvalue weighted by molar-refractivity contribution is 5.85. The number of hydrogen-bond acceptors (Lipinski definition) is 1. The minimum atomic E-state index is 0.339. The molecule has 1 atom stereocenters. The van der Waals surface area contributed by atoms with Gasteiger partial charge in [-0.1, -0.05) is 11.6 Å². The summed E-state index contributed by atoms with van der Waals surface area (Å²) in [6.07, 6.45) is 3.25. The molecule has 3 N–H and O–H groups in total. The third-order valence-corrected chi connectivity index (χ3v) is 3.38. The molecule has 1 heterocycles. The Morgan fingerprint density at radius 1 is 1.40 bits per heavy atom. The molecule has 3 rings (SSSR count). The van der Waals surface area contributed by atoms with Gasteiger partial charge in [0.05, 0.1) is 0 Å². The zero-order chi connectivity index (χ0) is 10.4. The van der Waals surface area contributed by atoms with Crippen molar-refractivity contribution in [3.63, 3.8) is 0 Å². The lowest BCUT2D eigenvalue weighted by Crippen LogP contribution is -2.27. The predicted molar refractivity (Wildman–Crippen MR) is 63.0 cm³/mol. The van der Waals surface area contributed by atoms with E-state index in [1.54, 1.807) is 0 Å². The zero-order valence-corrected chi connectivity index (χ0v) is 9.01. The maximum Gasteiger partial charge on any atom is 0.0459 e. The number of fused-ring (bicyclic) bond motifs is 3. The van der Waals surface area contributed by atoms with Gasteiger partial charge in [-0.3, -0.25) is 0 Å². The molecule has 2 nitrogen and oxygen atoms in total. The van der Waals surface area contributed by atoms with Gasteiger partial charge in [-0.15, -0.1) is 0 Å². The number of benzene rings is 1. The number of aromatic amines is 1. The van der Waals surface area contributed by atoms with Gasteiger partial charge in [0, 0.05) is 29.1 Å². The van der Waals surface area contributed by atoms with Gasteiger partial charge in [0.1, 0.15) is 0 Å². The highest BCUT2D eigenvalue weighted by atomic mass is 14.8. The van der Waals surface area contributed by atoms with Crippen molar-refractivity contribution in [3.8, 4) is 0 Å². The molecule has 1 aliphatic rings. The Kier molecular flexibility index (Phi) is 1.86. The van der Waals surface area contributed by atoms with Crippen LogP contribution in [0.5, 0.6) is 0 Å². The molecular weight excluding hydrogens is 184 g/mol. The number of rotatable bonds is 0. The van der Waals surface area contributed by atoms with Crippen molar-refractivity contribution in [2.45, 2.75) is 32.2 Å². The van der Waals surface area contributed by atoms with Gasteiger partial charge < -0.3 is 10.7 Å². The van der Waals surface area contributed by atoms with Crippen LogP contribution in [0.15, 0.2) is 18.2 Å². The molecule has 1 aliphatic carbocycles. The van der Waals surface area contributed by atoms with E-state index >= 15 is 0 Å². The fourth-order valence-electron chi connectivity index (χ4n) is 2.57. The standard InChI is InChI=1S/C13H16N2/c1-8-2-5-12-11(6-8)10-4-3-9(14)7-13(10)15-12/h2,5-6,9,15H,3-4,7,14H2,1H3. The number of nitrogens with one attached hydrogen (secondary N) is 1. The second-order valence-electron chi connectivity index (χ2n) is 4.63. The SMILES string of the molecule is Cc1ccc2[nH]c3c(c2c1)CCC(N)C3.